The van der Waals surface area contributed by atoms with E-state index in [1.807, 2.05) is 24.4 Å². The van der Waals surface area contributed by atoms with Gasteiger partial charge in [-0.3, -0.25) is 9.89 Å². The first-order valence-corrected chi connectivity index (χ1v) is 12.4. The van der Waals surface area contributed by atoms with Crippen molar-refractivity contribution in [1.29, 1.82) is 0 Å². The number of hydrogen-bond acceptors (Lipinski definition) is 6. The van der Waals surface area contributed by atoms with Crippen molar-refractivity contribution in [1.82, 2.24) is 20.1 Å². The van der Waals surface area contributed by atoms with Crippen LogP contribution in [0.2, 0.25) is 0 Å². The SMILES string of the molecule is COc1ccc2c(c1)[C@]1(C[C@@H]1c1ccc3c(-c4ccc(N5CCN(C)CC5)nc4)n[nH]c3c1)C(=O)N2. The molecule has 2 fully saturated rings. The molecule has 1 amide bonds. The molecule has 0 radical (unpaired) electrons. The van der Waals surface area contributed by atoms with Gasteiger partial charge in [-0.05, 0) is 61.0 Å². The van der Waals surface area contributed by atoms with Crippen molar-refractivity contribution in [2.45, 2.75) is 17.8 Å². The number of hydrogen-bond donors (Lipinski definition) is 2. The molecule has 8 nitrogen and oxygen atoms in total. The molecule has 4 aromatic rings. The number of benzene rings is 2. The molecule has 1 spiro atoms. The number of nitrogens with zero attached hydrogens (tertiary/aromatic N) is 4. The zero-order valence-electron chi connectivity index (χ0n) is 20.4. The minimum absolute atomic E-state index is 0.0765. The first-order chi connectivity index (χ1) is 17.6. The molecular weight excluding hydrogens is 452 g/mol. The van der Waals surface area contributed by atoms with Crippen molar-refractivity contribution >= 4 is 28.3 Å². The number of piperazine rings is 1. The number of H-pyrrole nitrogens is 1. The highest BCUT2D eigenvalue weighted by Gasteiger charge is 2.65. The second-order valence-corrected chi connectivity index (χ2v) is 10.2. The molecular formula is C28H28N6O2. The van der Waals surface area contributed by atoms with Gasteiger partial charge in [-0.1, -0.05) is 12.1 Å². The van der Waals surface area contributed by atoms with Gasteiger partial charge >= 0.3 is 0 Å². The van der Waals surface area contributed by atoms with Gasteiger partial charge in [0.25, 0.3) is 0 Å². The van der Waals surface area contributed by atoms with Crippen LogP contribution in [0, 0.1) is 0 Å². The summed E-state index contributed by atoms with van der Waals surface area (Å²) >= 11 is 0. The van der Waals surface area contributed by atoms with Crippen LogP contribution in [0.5, 0.6) is 5.75 Å². The van der Waals surface area contributed by atoms with Crippen molar-refractivity contribution in [3.8, 4) is 17.0 Å². The molecule has 0 bridgehead atoms. The second kappa shape index (κ2) is 7.80. The van der Waals surface area contributed by atoms with Gasteiger partial charge in [0.15, 0.2) is 0 Å². The van der Waals surface area contributed by atoms with E-state index in [0.29, 0.717) is 0 Å². The van der Waals surface area contributed by atoms with Crippen LogP contribution in [0.15, 0.2) is 54.7 Å². The largest absolute Gasteiger partial charge is 0.497 e. The molecule has 1 saturated heterocycles. The summed E-state index contributed by atoms with van der Waals surface area (Å²) in [4.78, 5) is 22.4. The number of aromatic nitrogens is 3. The third kappa shape index (κ3) is 3.14. The Kier molecular flexibility index (Phi) is 4.63. The van der Waals surface area contributed by atoms with E-state index in [9.17, 15) is 4.79 Å². The molecule has 8 heteroatoms. The Bertz CT molecular complexity index is 1490. The third-order valence-corrected chi connectivity index (χ3v) is 8.16. The summed E-state index contributed by atoms with van der Waals surface area (Å²) < 4.78 is 5.42. The Labute approximate surface area is 209 Å². The second-order valence-electron chi connectivity index (χ2n) is 10.2. The molecule has 2 aliphatic heterocycles. The zero-order chi connectivity index (χ0) is 24.4. The Morgan fingerprint density at radius 2 is 1.92 bits per heavy atom. The number of carbonyl (C=O) groups excluding carboxylic acids is 1. The predicted octanol–water partition coefficient (Wildman–Crippen LogP) is 3.76. The lowest BCUT2D eigenvalue weighted by molar-refractivity contribution is -0.118. The van der Waals surface area contributed by atoms with Crippen LogP contribution in [0.25, 0.3) is 22.2 Å². The summed E-state index contributed by atoms with van der Waals surface area (Å²) in [6, 6.07) is 16.4. The van der Waals surface area contributed by atoms with Gasteiger partial charge in [-0.15, -0.1) is 0 Å². The van der Waals surface area contributed by atoms with Crippen molar-refractivity contribution in [3.63, 3.8) is 0 Å². The highest BCUT2D eigenvalue weighted by atomic mass is 16.5. The molecule has 182 valence electrons. The third-order valence-electron chi connectivity index (χ3n) is 8.16. The van der Waals surface area contributed by atoms with Crippen molar-refractivity contribution < 1.29 is 9.53 Å². The summed E-state index contributed by atoms with van der Waals surface area (Å²) in [7, 11) is 3.81. The molecule has 2 N–H and O–H groups in total. The van der Waals surface area contributed by atoms with Crippen LogP contribution in [-0.2, 0) is 10.2 Å². The maximum Gasteiger partial charge on any atom is 0.235 e. The quantitative estimate of drug-likeness (QED) is 0.463. The minimum Gasteiger partial charge on any atom is -0.497 e. The lowest BCUT2D eigenvalue weighted by atomic mass is 9.91. The number of nitrogens with one attached hydrogen (secondary N) is 2. The minimum atomic E-state index is -0.511. The maximum atomic E-state index is 13.0. The van der Waals surface area contributed by atoms with Crippen LogP contribution >= 0.6 is 0 Å². The van der Waals surface area contributed by atoms with E-state index >= 15 is 0 Å². The number of carbonyl (C=O) groups is 1. The lowest BCUT2D eigenvalue weighted by Crippen LogP contribution is -2.44. The van der Waals surface area contributed by atoms with Crippen LogP contribution in [-0.4, -0.2) is 66.3 Å². The van der Waals surface area contributed by atoms with E-state index in [1.54, 1.807) is 7.11 Å². The number of methoxy groups -OCH3 is 1. The van der Waals surface area contributed by atoms with E-state index in [4.69, 9.17) is 9.72 Å². The van der Waals surface area contributed by atoms with Gasteiger partial charge in [-0.25, -0.2) is 4.98 Å². The van der Waals surface area contributed by atoms with Crippen LogP contribution < -0.4 is 15.0 Å². The Morgan fingerprint density at radius 1 is 1.06 bits per heavy atom. The molecule has 4 heterocycles. The Hall–Kier alpha value is -3.91. The fourth-order valence-corrected chi connectivity index (χ4v) is 5.92. The van der Waals surface area contributed by atoms with Gasteiger partial charge < -0.3 is 19.9 Å². The van der Waals surface area contributed by atoms with Crippen molar-refractivity contribution in [2.75, 3.05) is 50.6 Å². The monoisotopic (exact) mass is 480 g/mol. The predicted molar refractivity (Wildman–Crippen MR) is 140 cm³/mol. The number of ether oxygens (including phenoxy) is 1. The Balaban J connectivity index is 1.16. The topological polar surface area (TPSA) is 86.4 Å². The van der Waals surface area contributed by atoms with Gasteiger partial charge in [-0.2, -0.15) is 5.10 Å². The van der Waals surface area contributed by atoms with Gasteiger partial charge in [0.05, 0.1) is 18.0 Å². The number of likely N-dealkylation sites (N-methyl/N-ethyl adjacent to an activating group) is 1. The van der Waals surface area contributed by atoms with E-state index in [-0.39, 0.29) is 11.8 Å². The number of anilines is 2. The molecule has 1 saturated carbocycles. The number of rotatable bonds is 4. The average molecular weight is 481 g/mol. The molecule has 2 atom stereocenters. The van der Waals surface area contributed by atoms with Crippen LogP contribution in [0.3, 0.4) is 0 Å². The summed E-state index contributed by atoms with van der Waals surface area (Å²) in [5.74, 6) is 2.00. The first kappa shape index (κ1) is 21.4. The number of amides is 1. The Morgan fingerprint density at radius 3 is 2.69 bits per heavy atom. The fraction of sp³-hybridized carbons (Fsp3) is 0.321. The lowest BCUT2D eigenvalue weighted by Gasteiger charge is -2.33. The van der Waals surface area contributed by atoms with E-state index in [1.165, 1.54) is 0 Å². The molecule has 3 aliphatic rings. The van der Waals surface area contributed by atoms with Crippen LogP contribution in [0.1, 0.15) is 23.5 Å². The molecule has 0 unspecified atom stereocenters. The summed E-state index contributed by atoms with van der Waals surface area (Å²) in [6.45, 7) is 4.10. The molecule has 36 heavy (non-hydrogen) atoms. The van der Waals surface area contributed by atoms with Crippen molar-refractivity contribution in [3.05, 3.63) is 65.9 Å². The molecule has 2 aromatic carbocycles. The van der Waals surface area contributed by atoms with Crippen molar-refractivity contribution in [2.24, 2.45) is 0 Å². The van der Waals surface area contributed by atoms with Gasteiger partial charge in [0.1, 0.15) is 17.3 Å². The molecule has 2 aromatic heterocycles. The summed E-state index contributed by atoms with van der Waals surface area (Å²) in [5, 5.41) is 11.9. The summed E-state index contributed by atoms with van der Waals surface area (Å²) in [6.07, 6.45) is 2.71. The van der Waals surface area contributed by atoms with E-state index in [2.05, 4.69) is 62.7 Å². The number of aromatic amines is 1. The van der Waals surface area contributed by atoms with Gasteiger partial charge in [0.2, 0.25) is 5.91 Å². The maximum absolute atomic E-state index is 13.0. The number of fused-ring (bicyclic) bond motifs is 3. The normalized spacial score (nSPS) is 23.2. The van der Waals surface area contributed by atoms with E-state index < -0.39 is 5.41 Å². The number of pyridine rings is 1. The van der Waals surface area contributed by atoms with Crippen LogP contribution in [0.4, 0.5) is 11.5 Å². The molecule has 7 rings (SSSR count). The zero-order valence-corrected chi connectivity index (χ0v) is 20.4. The molecule has 1 aliphatic carbocycles. The summed E-state index contributed by atoms with van der Waals surface area (Å²) in [5.41, 5.74) is 5.42. The smallest absolute Gasteiger partial charge is 0.235 e. The standard InChI is InChI=1S/C28H28N6O2/c1-33-9-11-34(12-10-33)25-8-4-18(16-29-25)26-20-6-3-17(13-24(20)31-32-26)22-15-28(22)21-14-19(36-2)5-7-23(21)30-27(28)35/h3-8,13-14,16,22H,9-12,15H2,1-2H3,(H,30,35)(H,31,32)/t22-,28+/m1/s1. The fourth-order valence-electron chi connectivity index (χ4n) is 5.92. The highest BCUT2D eigenvalue weighted by Crippen LogP contribution is 2.65. The van der Waals surface area contributed by atoms with Gasteiger partial charge in [0, 0.05) is 54.9 Å². The first-order valence-electron chi connectivity index (χ1n) is 12.4. The highest BCUT2D eigenvalue weighted by molar-refractivity contribution is 6.10. The van der Waals surface area contributed by atoms with E-state index in [0.717, 1.165) is 83.1 Å². The average Bonchev–Trinajstić information content (AvgIpc) is 3.44.